The summed E-state index contributed by atoms with van der Waals surface area (Å²) in [6.45, 7) is 0. The number of carbonyl (C=O) groups excluding carboxylic acids is 1. The van der Waals surface area contributed by atoms with E-state index in [-0.39, 0.29) is 16.8 Å². The van der Waals surface area contributed by atoms with E-state index in [1.807, 2.05) is 0 Å². The summed E-state index contributed by atoms with van der Waals surface area (Å²) >= 11 is 1.58. The zero-order valence-electron chi connectivity index (χ0n) is 15.6. The number of nitrogens with zero attached hydrogens (tertiary/aromatic N) is 1. The predicted octanol–water partition coefficient (Wildman–Crippen LogP) is 3.21. The van der Waals surface area contributed by atoms with Crippen LogP contribution in [0.4, 0.5) is 5.69 Å². The van der Waals surface area contributed by atoms with Crippen LogP contribution in [0.1, 0.15) is 21.3 Å². The Morgan fingerprint density at radius 1 is 1.11 bits per heavy atom. The molecular weight excluding hydrogens is 384 g/mol. The Labute approximate surface area is 166 Å². The summed E-state index contributed by atoms with van der Waals surface area (Å²) in [5.41, 5.74) is 1.38. The van der Waals surface area contributed by atoms with E-state index in [4.69, 9.17) is 14.2 Å². The van der Waals surface area contributed by atoms with Crippen LogP contribution in [0.2, 0.25) is 0 Å². The topological polar surface area (TPSA) is 99.9 Å². The van der Waals surface area contributed by atoms with Crippen molar-refractivity contribution in [2.45, 2.75) is 11.4 Å². The first kappa shape index (κ1) is 20.0. The van der Waals surface area contributed by atoms with E-state index in [0.717, 1.165) is 5.56 Å². The number of nitro benzene ring substituents is 1. The number of hydrogen-bond donors (Lipinski definition) is 1. The highest BCUT2D eigenvalue weighted by atomic mass is 32.2. The number of carbonyl (C=O) groups is 1. The molecule has 0 aromatic heterocycles. The van der Waals surface area contributed by atoms with Crippen molar-refractivity contribution in [1.29, 1.82) is 0 Å². The fourth-order valence-electron chi connectivity index (χ4n) is 3.01. The fraction of sp³-hybridized carbons (Fsp3) is 0.316. The van der Waals surface area contributed by atoms with Crippen LogP contribution in [0, 0.1) is 10.1 Å². The minimum Gasteiger partial charge on any atom is -0.493 e. The predicted molar refractivity (Wildman–Crippen MR) is 106 cm³/mol. The molecule has 1 heterocycles. The maximum absolute atomic E-state index is 13.0. The first-order valence-corrected chi connectivity index (χ1v) is 9.49. The summed E-state index contributed by atoms with van der Waals surface area (Å²) in [5, 5.41) is 14.0. The van der Waals surface area contributed by atoms with Gasteiger partial charge in [-0.3, -0.25) is 20.2 Å². The molecule has 2 unspecified atom stereocenters. The maximum atomic E-state index is 13.0. The summed E-state index contributed by atoms with van der Waals surface area (Å²) < 4.78 is 15.9. The fourth-order valence-corrected chi connectivity index (χ4v) is 4.25. The number of Topliss-reactive ketones (excluding diaryl/α,β-unsaturated/α-hetero) is 1. The van der Waals surface area contributed by atoms with Crippen molar-refractivity contribution >= 4 is 23.2 Å². The molecule has 0 bridgehead atoms. The van der Waals surface area contributed by atoms with Crippen molar-refractivity contribution in [2.75, 3.05) is 27.1 Å². The SMILES string of the molecule is COc1cc(C(=O)C2CSC(c3ccc([N+](=O)[O-])cc3)N2)cc(OC)c1OC. The average Bonchev–Trinajstić information content (AvgIpc) is 3.22. The molecule has 3 rings (SSSR count). The lowest BCUT2D eigenvalue weighted by Gasteiger charge is -2.16. The minimum atomic E-state index is -0.435. The van der Waals surface area contributed by atoms with Gasteiger partial charge >= 0.3 is 0 Å². The molecule has 0 amide bonds. The van der Waals surface area contributed by atoms with Crippen LogP contribution >= 0.6 is 11.8 Å². The van der Waals surface area contributed by atoms with Gasteiger partial charge in [-0.1, -0.05) is 0 Å². The first-order chi connectivity index (χ1) is 13.5. The summed E-state index contributed by atoms with van der Waals surface area (Å²) in [6.07, 6.45) is 0. The van der Waals surface area contributed by atoms with E-state index < -0.39 is 11.0 Å². The third kappa shape index (κ3) is 3.90. The van der Waals surface area contributed by atoms with Gasteiger partial charge < -0.3 is 14.2 Å². The number of rotatable bonds is 7. The molecule has 9 heteroatoms. The zero-order valence-corrected chi connectivity index (χ0v) is 16.4. The summed E-state index contributed by atoms with van der Waals surface area (Å²) in [5.74, 6) is 1.76. The van der Waals surface area contributed by atoms with Crippen LogP contribution in [0.15, 0.2) is 36.4 Å². The minimum absolute atomic E-state index is 0.0387. The summed E-state index contributed by atoms with van der Waals surface area (Å²) in [7, 11) is 4.51. The quantitative estimate of drug-likeness (QED) is 0.427. The van der Waals surface area contributed by atoms with Gasteiger partial charge in [0.1, 0.15) is 0 Å². The molecule has 8 nitrogen and oxygen atoms in total. The summed E-state index contributed by atoms with van der Waals surface area (Å²) in [4.78, 5) is 23.3. The Morgan fingerprint density at radius 3 is 2.21 bits per heavy atom. The standard InChI is InChI=1S/C19H20N2O6S/c1-25-15-8-12(9-16(26-2)18(15)27-3)17(22)14-10-28-19(20-14)11-4-6-13(7-5-11)21(23)24/h4-9,14,19-20H,10H2,1-3H3. The molecule has 0 spiro atoms. The zero-order chi connectivity index (χ0) is 20.3. The lowest BCUT2D eigenvalue weighted by Crippen LogP contribution is -2.34. The number of non-ortho nitro benzene ring substituents is 1. The van der Waals surface area contributed by atoms with Crippen molar-refractivity contribution in [1.82, 2.24) is 5.32 Å². The highest BCUT2D eigenvalue weighted by molar-refractivity contribution is 7.99. The van der Waals surface area contributed by atoms with Gasteiger partial charge in [-0.05, 0) is 29.8 Å². The van der Waals surface area contributed by atoms with Gasteiger partial charge in [0, 0.05) is 23.4 Å². The van der Waals surface area contributed by atoms with Gasteiger partial charge in [-0.2, -0.15) is 0 Å². The molecule has 0 aliphatic carbocycles. The van der Waals surface area contributed by atoms with E-state index in [1.54, 1.807) is 36.0 Å². The van der Waals surface area contributed by atoms with Gasteiger partial charge in [-0.25, -0.2) is 0 Å². The Bertz CT molecular complexity index is 861. The lowest BCUT2D eigenvalue weighted by molar-refractivity contribution is -0.384. The molecule has 2 atom stereocenters. The second kappa shape index (κ2) is 8.49. The molecule has 1 N–H and O–H groups in total. The largest absolute Gasteiger partial charge is 0.493 e. The van der Waals surface area contributed by atoms with Gasteiger partial charge in [0.25, 0.3) is 5.69 Å². The van der Waals surface area contributed by atoms with Crippen LogP contribution < -0.4 is 19.5 Å². The van der Waals surface area contributed by atoms with Crippen molar-refractivity contribution in [3.8, 4) is 17.2 Å². The molecular formula is C19H20N2O6S. The van der Waals surface area contributed by atoms with E-state index in [1.165, 1.54) is 33.5 Å². The monoisotopic (exact) mass is 404 g/mol. The lowest BCUT2D eigenvalue weighted by atomic mass is 10.0. The van der Waals surface area contributed by atoms with E-state index in [0.29, 0.717) is 28.6 Å². The average molecular weight is 404 g/mol. The molecule has 1 saturated heterocycles. The van der Waals surface area contributed by atoms with Crippen LogP contribution in [0.5, 0.6) is 17.2 Å². The molecule has 1 fully saturated rings. The third-order valence-electron chi connectivity index (χ3n) is 4.45. The highest BCUT2D eigenvalue weighted by Gasteiger charge is 2.32. The van der Waals surface area contributed by atoms with Crippen molar-refractivity contribution in [2.24, 2.45) is 0 Å². The molecule has 2 aromatic carbocycles. The molecule has 148 valence electrons. The number of ketones is 1. The van der Waals surface area contributed by atoms with Gasteiger partial charge in [-0.15, -0.1) is 11.8 Å². The first-order valence-electron chi connectivity index (χ1n) is 8.44. The van der Waals surface area contributed by atoms with Crippen LogP contribution in [-0.2, 0) is 0 Å². The van der Waals surface area contributed by atoms with Crippen molar-refractivity contribution in [3.05, 3.63) is 57.6 Å². The Balaban J connectivity index is 1.78. The van der Waals surface area contributed by atoms with Gasteiger partial charge in [0.15, 0.2) is 17.3 Å². The second-order valence-corrected chi connectivity index (χ2v) is 7.20. The Hall–Kier alpha value is -2.78. The number of ether oxygens (including phenoxy) is 3. The highest BCUT2D eigenvalue weighted by Crippen LogP contribution is 2.40. The summed E-state index contributed by atoms with van der Waals surface area (Å²) in [6, 6.07) is 9.21. The van der Waals surface area contributed by atoms with Crippen molar-refractivity contribution < 1.29 is 23.9 Å². The van der Waals surface area contributed by atoms with E-state index in [9.17, 15) is 14.9 Å². The van der Waals surface area contributed by atoms with Crippen LogP contribution in [-0.4, -0.2) is 43.8 Å². The van der Waals surface area contributed by atoms with Crippen LogP contribution in [0.25, 0.3) is 0 Å². The number of benzene rings is 2. The third-order valence-corrected chi connectivity index (χ3v) is 5.72. The normalized spacial score (nSPS) is 18.5. The number of thioether (sulfide) groups is 1. The maximum Gasteiger partial charge on any atom is 0.269 e. The van der Waals surface area contributed by atoms with E-state index >= 15 is 0 Å². The molecule has 0 radical (unpaired) electrons. The Kier molecular flexibility index (Phi) is 6.05. The Morgan fingerprint density at radius 2 is 1.71 bits per heavy atom. The number of hydrogen-bond acceptors (Lipinski definition) is 8. The molecule has 1 aliphatic heterocycles. The number of nitro groups is 1. The molecule has 28 heavy (non-hydrogen) atoms. The van der Waals surface area contributed by atoms with Gasteiger partial charge in [0.05, 0.1) is 37.7 Å². The molecule has 2 aromatic rings. The van der Waals surface area contributed by atoms with Crippen LogP contribution in [0.3, 0.4) is 0 Å². The smallest absolute Gasteiger partial charge is 0.269 e. The second-order valence-electron chi connectivity index (χ2n) is 6.06. The van der Waals surface area contributed by atoms with Crippen molar-refractivity contribution in [3.63, 3.8) is 0 Å². The molecule has 1 aliphatic rings. The molecule has 0 saturated carbocycles. The number of methoxy groups -OCH3 is 3. The van der Waals surface area contributed by atoms with Gasteiger partial charge in [0.2, 0.25) is 5.75 Å². The number of nitrogens with one attached hydrogen (secondary N) is 1. The van der Waals surface area contributed by atoms with E-state index in [2.05, 4.69) is 5.32 Å².